The van der Waals surface area contributed by atoms with E-state index >= 15 is 0 Å². The molecule has 0 saturated heterocycles. The Labute approximate surface area is 159 Å². The summed E-state index contributed by atoms with van der Waals surface area (Å²) in [7, 11) is 0. The van der Waals surface area contributed by atoms with Gasteiger partial charge in [-0.25, -0.2) is 9.97 Å². The van der Waals surface area contributed by atoms with Crippen molar-refractivity contribution >= 4 is 17.4 Å². The molecule has 0 spiro atoms. The van der Waals surface area contributed by atoms with Gasteiger partial charge in [-0.3, -0.25) is 4.79 Å². The third kappa shape index (κ3) is 4.57. The molecule has 1 aromatic heterocycles. The number of nitrogens with zero attached hydrogens (tertiary/aromatic N) is 3. The zero-order valence-corrected chi connectivity index (χ0v) is 14.9. The fourth-order valence-electron chi connectivity index (χ4n) is 3.23. The molecule has 6 nitrogen and oxygen atoms in total. The van der Waals surface area contributed by atoms with Crippen LogP contribution in [0.5, 0.6) is 0 Å². The number of hydrogen-bond acceptors (Lipinski definition) is 5. The summed E-state index contributed by atoms with van der Waals surface area (Å²) in [6.07, 6.45) is 2.67. The Morgan fingerprint density at radius 2 is 1.93 bits per heavy atom. The van der Waals surface area contributed by atoms with Gasteiger partial charge in [0.15, 0.2) is 11.5 Å². The topological polar surface area (TPSA) is 90.7 Å². The molecule has 3 rings (SSSR count). The van der Waals surface area contributed by atoms with Gasteiger partial charge in [0.05, 0.1) is 17.2 Å². The minimum atomic E-state index is -4.70. The van der Waals surface area contributed by atoms with Gasteiger partial charge in [0, 0.05) is 24.6 Å². The highest BCUT2D eigenvalue weighted by molar-refractivity contribution is 6.06. The van der Waals surface area contributed by atoms with E-state index in [2.05, 4.69) is 20.6 Å². The van der Waals surface area contributed by atoms with E-state index in [0.29, 0.717) is 12.5 Å². The van der Waals surface area contributed by atoms with Gasteiger partial charge in [0.2, 0.25) is 0 Å². The quantitative estimate of drug-likeness (QED) is 0.799. The Morgan fingerprint density at radius 3 is 2.61 bits per heavy atom. The van der Waals surface area contributed by atoms with Crippen LogP contribution >= 0.6 is 0 Å². The Bertz CT molecular complexity index is 901. The number of amides is 1. The number of carbonyl (C=O) groups excluding carboxylic acids is 1. The molecule has 1 aliphatic rings. The second kappa shape index (κ2) is 8.25. The van der Waals surface area contributed by atoms with Gasteiger partial charge in [-0.2, -0.15) is 18.4 Å². The monoisotopic (exact) mass is 389 g/mol. The molecule has 1 aliphatic carbocycles. The van der Waals surface area contributed by atoms with Crippen molar-refractivity contribution in [3.8, 4) is 6.07 Å². The van der Waals surface area contributed by atoms with Crippen LogP contribution in [0.1, 0.15) is 47.3 Å². The Hall–Kier alpha value is -3.15. The van der Waals surface area contributed by atoms with Crippen molar-refractivity contribution in [3.63, 3.8) is 0 Å². The number of anilines is 2. The lowest BCUT2D eigenvalue weighted by molar-refractivity contribution is -0.137. The molecule has 0 aliphatic heterocycles. The van der Waals surface area contributed by atoms with Crippen molar-refractivity contribution < 1.29 is 18.0 Å². The molecular weight excluding hydrogens is 371 g/mol. The summed E-state index contributed by atoms with van der Waals surface area (Å²) in [6, 6.07) is 4.50. The minimum absolute atomic E-state index is 0.00147. The molecule has 1 aromatic carbocycles. The van der Waals surface area contributed by atoms with Crippen LogP contribution in [-0.2, 0) is 6.18 Å². The van der Waals surface area contributed by atoms with E-state index in [4.69, 9.17) is 5.26 Å². The summed E-state index contributed by atoms with van der Waals surface area (Å²) in [5.41, 5.74) is -1.70. The number of rotatable bonds is 5. The van der Waals surface area contributed by atoms with Crippen LogP contribution in [0, 0.1) is 17.2 Å². The molecule has 1 heterocycles. The first-order chi connectivity index (χ1) is 13.4. The van der Waals surface area contributed by atoms with E-state index in [1.165, 1.54) is 37.4 Å². The first-order valence-corrected chi connectivity index (χ1v) is 8.86. The van der Waals surface area contributed by atoms with Crippen molar-refractivity contribution in [1.29, 1.82) is 5.26 Å². The average molecular weight is 389 g/mol. The van der Waals surface area contributed by atoms with Crippen LogP contribution in [0.3, 0.4) is 0 Å². The maximum Gasteiger partial charge on any atom is 0.417 e. The third-order valence-corrected chi connectivity index (χ3v) is 4.65. The maximum absolute atomic E-state index is 13.1. The van der Waals surface area contributed by atoms with Gasteiger partial charge in [-0.15, -0.1) is 0 Å². The summed E-state index contributed by atoms with van der Waals surface area (Å²) in [5.74, 6) is 0.113. The molecule has 1 amide bonds. The van der Waals surface area contributed by atoms with E-state index in [1.807, 2.05) is 0 Å². The Kier molecular flexibility index (Phi) is 5.78. The van der Waals surface area contributed by atoms with Crippen LogP contribution in [0.25, 0.3) is 0 Å². The SMILES string of the molecule is N#Cc1ccc(NC(=O)c2nccnc2NCC2CCCC2)cc1C(F)(F)F. The highest BCUT2D eigenvalue weighted by atomic mass is 19.4. The molecular formula is C19H18F3N5O. The number of hydrogen-bond donors (Lipinski definition) is 2. The zero-order valence-electron chi connectivity index (χ0n) is 14.9. The number of carbonyl (C=O) groups is 1. The molecule has 0 unspecified atom stereocenters. The van der Waals surface area contributed by atoms with E-state index in [0.717, 1.165) is 25.0 Å². The predicted octanol–water partition coefficient (Wildman–Crippen LogP) is 4.22. The second-order valence-corrected chi connectivity index (χ2v) is 6.61. The molecule has 146 valence electrons. The molecule has 1 fully saturated rings. The summed E-state index contributed by atoms with van der Waals surface area (Å²) < 4.78 is 39.3. The number of nitrogens with one attached hydrogen (secondary N) is 2. The van der Waals surface area contributed by atoms with E-state index in [1.54, 1.807) is 0 Å². The maximum atomic E-state index is 13.1. The van der Waals surface area contributed by atoms with Crippen molar-refractivity contribution in [2.45, 2.75) is 31.9 Å². The van der Waals surface area contributed by atoms with Gasteiger partial charge >= 0.3 is 6.18 Å². The molecule has 28 heavy (non-hydrogen) atoms. The fraction of sp³-hybridized carbons (Fsp3) is 0.368. The summed E-state index contributed by atoms with van der Waals surface area (Å²) in [5, 5.41) is 14.4. The Balaban J connectivity index is 1.77. The molecule has 0 bridgehead atoms. The van der Waals surface area contributed by atoms with Crippen LogP contribution in [0.15, 0.2) is 30.6 Å². The summed E-state index contributed by atoms with van der Waals surface area (Å²) in [4.78, 5) is 20.7. The van der Waals surface area contributed by atoms with Crippen LogP contribution in [-0.4, -0.2) is 22.4 Å². The summed E-state index contributed by atoms with van der Waals surface area (Å²) in [6.45, 7) is 0.661. The zero-order chi connectivity index (χ0) is 20.1. The predicted molar refractivity (Wildman–Crippen MR) is 96.6 cm³/mol. The highest BCUT2D eigenvalue weighted by Crippen LogP contribution is 2.33. The third-order valence-electron chi connectivity index (χ3n) is 4.65. The van der Waals surface area contributed by atoms with E-state index < -0.39 is 23.2 Å². The van der Waals surface area contributed by atoms with Crippen LogP contribution in [0.4, 0.5) is 24.7 Å². The minimum Gasteiger partial charge on any atom is -0.368 e. The first-order valence-electron chi connectivity index (χ1n) is 8.86. The average Bonchev–Trinajstić information content (AvgIpc) is 3.19. The van der Waals surface area contributed by atoms with E-state index in [9.17, 15) is 18.0 Å². The first kappa shape index (κ1) is 19.6. The highest BCUT2D eigenvalue weighted by Gasteiger charge is 2.34. The lowest BCUT2D eigenvalue weighted by Gasteiger charge is -2.14. The van der Waals surface area contributed by atoms with Gasteiger partial charge in [0.25, 0.3) is 5.91 Å². The van der Waals surface area contributed by atoms with Gasteiger partial charge < -0.3 is 10.6 Å². The number of aromatic nitrogens is 2. The Morgan fingerprint density at radius 1 is 1.21 bits per heavy atom. The van der Waals surface area contributed by atoms with Crippen molar-refractivity contribution in [1.82, 2.24) is 9.97 Å². The molecule has 0 atom stereocenters. The molecule has 2 N–H and O–H groups in total. The summed E-state index contributed by atoms with van der Waals surface area (Å²) >= 11 is 0. The van der Waals surface area contributed by atoms with Crippen LogP contribution < -0.4 is 10.6 Å². The van der Waals surface area contributed by atoms with Crippen molar-refractivity contribution in [2.24, 2.45) is 5.92 Å². The normalized spacial score (nSPS) is 14.5. The van der Waals surface area contributed by atoms with E-state index in [-0.39, 0.29) is 17.2 Å². The van der Waals surface area contributed by atoms with Gasteiger partial charge in [-0.05, 0) is 37.0 Å². The van der Waals surface area contributed by atoms with Crippen LogP contribution in [0.2, 0.25) is 0 Å². The number of nitriles is 1. The smallest absolute Gasteiger partial charge is 0.368 e. The fourth-order valence-corrected chi connectivity index (χ4v) is 3.23. The van der Waals surface area contributed by atoms with Crippen molar-refractivity contribution in [2.75, 3.05) is 17.2 Å². The molecule has 9 heteroatoms. The number of halogens is 3. The van der Waals surface area contributed by atoms with Gasteiger partial charge in [0.1, 0.15) is 0 Å². The standard InChI is InChI=1S/C19H18F3N5O/c20-19(21,22)15-9-14(6-5-13(15)10-23)27-18(28)16-17(25-8-7-24-16)26-11-12-3-1-2-4-12/h5-9,12H,1-4,11H2,(H,25,26)(H,27,28). The molecule has 1 saturated carbocycles. The van der Waals surface area contributed by atoms with Gasteiger partial charge in [-0.1, -0.05) is 12.8 Å². The molecule has 0 radical (unpaired) electrons. The largest absolute Gasteiger partial charge is 0.417 e. The molecule has 2 aromatic rings. The van der Waals surface area contributed by atoms with Crippen molar-refractivity contribution in [3.05, 3.63) is 47.4 Å². The lowest BCUT2D eigenvalue weighted by Crippen LogP contribution is -2.20. The lowest BCUT2D eigenvalue weighted by atomic mass is 10.1. The second-order valence-electron chi connectivity index (χ2n) is 6.61. The number of alkyl halides is 3. The number of benzene rings is 1.